The average molecular weight is 329 g/mol. The predicted octanol–water partition coefficient (Wildman–Crippen LogP) is 3.30. The highest BCUT2D eigenvalue weighted by Gasteiger charge is 2.21. The van der Waals surface area contributed by atoms with Crippen molar-refractivity contribution in [3.63, 3.8) is 0 Å². The zero-order valence-electron chi connectivity index (χ0n) is 13.4. The van der Waals surface area contributed by atoms with E-state index in [-0.39, 0.29) is 11.5 Å². The van der Waals surface area contributed by atoms with Crippen LogP contribution in [0.5, 0.6) is 0 Å². The van der Waals surface area contributed by atoms with Gasteiger partial charge in [-0.05, 0) is 55.7 Å². The summed E-state index contributed by atoms with van der Waals surface area (Å²) in [5.41, 5.74) is 4.23. The van der Waals surface area contributed by atoms with E-state index in [1.54, 1.807) is 36.5 Å². The van der Waals surface area contributed by atoms with Gasteiger partial charge in [0, 0.05) is 11.6 Å². The second kappa shape index (κ2) is 5.51. The molecule has 1 N–H and O–H groups in total. The van der Waals surface area contributed by atoms with Crippen LogP contribution in [0.2, 0.25) is 0 Å². The number of nitrogens with zero attached hydrogens (tertiary/aromatic N) is 1. The van der Waals surface area contributed by atoms with Crippen LogP contribution in [0.4, 0.5) is 0 Å². The van der Waals surface area contributed by atoms with E-state index in [1.165, 1.54) is 3.97 Å². The molecule has 0 unspecified atom stereocenters. The number of rotatable bonds is 3. The fourth-order valence-corrected chi connectivity index (χ4v) is 4.38. The summed E-state index contributed by atoms with van der Waals surface area (Å²) < 4.78 is 27.2. The number of fused-ring (bicyclic) bond motifs is 1. The van der Waals surface area contributed by atoms with Crippen molar-refractivity contribution in [2.24, 2.45) is 0 Å². The van der Waals surface area contributed by atoms with Crippen LogP contribution in [0, 0.1) is 20.8 Å². The third-order valence-electron chi connectivity index (χ3n) is 4.20. The molecule has 0 aliphatic rings. The van der Waals surface area contributed by atoms with Gasteiger partial charge in [-0.15, -0.1) is 0 Å². The van der Waals surface area contributed by atoms with Gasteiger partial charge in [0.05, 0.1) is 17.0 Å². The van der Waals surface area contributed by atoms with E-state index < -0.39 is 10.0 Å². The van der Waals surface area contributed by atoms with Gasteiger partial charge in [-0.25, -0.2) is 12.4 Å². The van der Waals surface area contributed by atoms with Gasteiger partial charge in [0.1, 0.15) is 0 Å². The summed E-state index contributed by atoms with van der Waals surface area (Å²) in [5.74, 6) is 0. The van der Waals surface area contributed by atoms with Crippen molar-refractivity contribution in [3.8, 4) is 0 Å². The molecule has 0 atom stereocenters. The average Bonchev–Trinajstić information content (AvgIpc) is 2.94. The SMILES string of the molecule is Cc1ccc(S(=O)(=O)n2ccc3c(CO)c(C)cc(C)c32)cc1. The van der Waals surface area contributed by atoms with Crippen LogP contribution in [0.25, 0.3) is 10.9 Å². The monoisotopic (exact) mass is 329 g/mol. The molecule has 1 aromatic heterocycles. The van der Waals surface area contributed by atoms with Crippen LogP contribution in [-0.2, 0) is 16.6 Å². The molecule has 0 saturated heterocycles. The van der Waals surface area contributed by atoms with Gasteiger partial charge in [0.25, 0.3) is 10.0 Å². The summed E-state index contributed by atoms with van der Waals surface area (Å²) in [6.07, 6.45) is 1.56. The van der Waals surface area contributed by atoms with E-state index in [2.05, 4.69) is 0 Å². The molecule has 0 aliphatic carbocycles. The Morgan fingerprint density at radius 3 is 2.26 bits per heavy atom. The molecule has 0 fully saturated rings. The summed E-state index contributed by atoms with van der Waals surface area (Å²) in [6.45, 7) is 5.61. The number of benzene rings is 2. The number of aromatic nitrogens is 1. The Kier molecular flexibility index (Phi) is 3.78. The lowest BCUT2D eigenvalue weighted by molar-refractivity contribution is 0.282. The molecule has 5 heteroatoms. The van der Waals surface area contributed by atoms with Crippen LogP contribution in [0.3, 0.4) is 0 Å². The van der Waals surface area contributed by atoms with E-state index in [9.17, 15) is 13.5 Å². The molecule has 0 aliphatic heterocycles. The van der Waals surface area contributed by atoms with Gasteiger partial charge in [-0.1, -0.05) is 23.8 Å². The predicted molar refractivity (Wildman–Crippen MR) is 91.1 cm³/mol. The summed E-state index contributed by atoms with van der Waals surface area (Å²) in [4.78, 5) is 0.256. The maximum absolute atomic E-state index is 13.0. The first-order chi connectivity index (χ1) is 10.9. The van der Waals surface area contributed by atoms with Crippen molar-refractivity contribution >= 4 is 20.9 Å². The molecule has 0 radical (unpaired) electrons. The highest BCUT2D eigenvalue weighted by molar-refractivity contribution is 7.90. The van der Waals surface area contributed by atoms with Crippen molar-refractivity contribution in [2.75, 3.05) is 0 Å². The van der Waals surface area contributed by atoms with Crippen LogP contribution >= 0.6 is 0 Å². The third kappa shape index (κ3) is 2.46. The van der Waals surface area contributed by atoms with E-state index in [0.717, 1.165) is 27.6 Å². The van der Waals surface area contributed by atoms with Crippen LogP contribution < -0.4 is 0 Å². The van der Waals surface area contributed by atoms with Gasteiger partial charge in [0.2, 0.25) is 0 Å². The molecule has 2 aromatic carbocycles. The molecule has 120 valence electrons. The second-order valence-electron chi connectivity index (χ2n) is 5.84. The Bertz CT molecular complexity index is 983. The Hall–Kier alpha value is -2.11. The minimum atomic E-state index is -3.66. The smallest absolute Gasteiger partial charge is 0.268 e. The molecule has 23 heavy (non-hydrogen) atoms. The number of hydrogen-bond donors (Lipinski definition) is 1. The zero-order chi connectivity index (χ0) is 16.8. The number of aryl methyl sites for hydroxylation is 3. The Labute approximate surface area is 136 Å². The molecule has 0 spiro atoms. The van der Waals surface area contributed by atoms with Crippen molar-refractivity contribution in [1.29, 1.82) is 0 Å². The maximum atomic E-state index is 13.0. The highest BCUT2D eigenvalue weighted by Crippen LogP contribution is 2.30. The molecule has 0 bridgehead atoms. The van der Waals surface area contributed by atoms with E-state index in [1.807, 2.05) is 26.8 Å². The lowest BCUT2D eigenvalue weighted by Gasteiger charge is -2.12. The van der Waals surface area contributed by atoms with Crippen LogP contribution in [-0.4, -0.2) is 17.5 Å². The molecule has 1 heterocycles. The van der Waals surface area contributed by atoms with Crippen LogP contribution in [0.1, 0.15) is 22.3 Å². The van der Waals surface area contributed by atoms with E-state index in [0.29, 0.717) is 5.52 Å². The first-order valence-corrected chi connectivity index (χ1v) is 8.83. The Morgan fingerprint density at radius 1 is 1.00 bits per heavy atom. The van der Waals surface area contributed by atoms with Gasteiger partial charge in [-0.3, -0.25) is 0 Å². The molecule has 0 amide bonds. The van der Waals surface area contributed by atoms with Crippen molar-refractivity contribution in [3.05, 3.63) is 64.8 Å². The fraction of sp³-hybridized carbons (Fsp3) is 0.222. The highest BCUT2D eigenvalue weighted by atomic mass is 32.2. The second-order valence-corrected chi connectivity index (χ2v) is 7.65. The molecule has 3 rings (SSSR count). The van der Waals surface area contributed by atoms with Crippen molar-refractivity contribution in [1.82, 2.24) is 3.97 Å². The lowest BCUT2D eigenvalue weighted by Crippen LogP contribution is -2.12. The van der Waals surface area contributed by atoms with Gasteiger partial charge in [-0.2, -0.15) is 0 Å². The molecule has 0 saturated carbocycles. The summed E-state index contributed by atoms with van der Waals surface area (Å²) >= 11 is 0. The third-order valence-corrected chi connectivity index (χ3v) is 5.89. The normalized spacial score (nSPS) is 12.0. The van der Waals surface area contributed by atoms with Crippen LogP contribution in [0.15, 0.2) is 47.5 Å². The van der Waals surface area contributed by atoms with Crippen molar-refractivity contribution < 1.29 is 13.5 Å². The summed E-state index contributed by atoms with van der Waals surface area (Å²) in [7, 11) is -3.66. The lowest BCUT2D eigenvalue weighted by atomic mass is 10.0. The largest absolute Gasteiger partial charge is 0.392 e. The van der Waals surface area contributed by atoms with Gasteiger partial charge < -0.3 is 5.11 Å². The zero-order valence-corrected chi connectivity index (χ0v) is 14.2. The Balaban J connectivity index is 2.31. The summed E-state index contributed by atoms with van der Waals surface area (Å²) in [5, 5.41) is 10.4. The quantitative estimate of drug-likeness (QED) is 0.802. The molecule has 4 nitrogen and oxygen atoms in total. The minimum Gasteiger partial charge on any atom is -0.392 e. The maximum Gasteiger partial charge on any atom is 0.268 e. The number of hydrogen-bond acceptors (Lipinski definition) is 3. The standard InChI is InChI=1S/C18H19NO3S/c1-12-4-6-15(7-5-12)23(21,22)19-9-8-16-17(11-20)13(2)10-14(3)18(16)19/h4-10,20H,11H2,1-3H3. The van der Waals surface area contributed by atoms with Crippen molar-refractivity contribution in [2.45, 2.75) is 32.3 Å². The first-order valence-electron chi connectivity index (χ1n) is 7.39. The molecular weight excluding hydrogens is 310 g/mol. The number of aliphatic hydroxyl groups excluding tert-OH is 1. The van der Waals surface area contributed by atoms with E-state index in [4.69, 9.17) is 0 Å². The minimum absolute atomic E-state index is 0.114. The first kappa shape index (κ1) is 15.8. The molecule has 3 aromatic rings. The number of aliphatic hydroxyl groups is 1. The summed E-state index contributed by atoms with van der Waals surface area (Å²) in [6, 6.07) is 10.5. The molecular formula is C18H19NO3S. The topological polar surface area (TPSA) is 59.3 Å². The van der Waals surface area contributed by atoms with Gasteiger partial charge >= 0.3 is 0 Å². The fourth-order valence-electron chi connectivity index (χ4n) is 2.97. The van der Waals surface area contributed by atoms with E-state index >= 15 is 0 Å². The van der Waals surface area contributed by atoms with Gasteiger partial charge in [0.15, 0.2) is 0 Å². The Morgan fingerprint density at radius 2 is 1.65 bits per heavy atom.